The maximum absolute atomic E-state index is 11.8. The molecule has 0 aliphatic heterocycles. The highest BCUT2D eigenvalue weighted by molar-refractivity contribution is 5.92. The normalized spacial score (nSPS) is 22.0. The van der Waals surface area contributed by atoms with Gasteiger partial charge in [0, 0.05) is 6.04 Å². The number of amides is 1. The number of nitrogen functional groups attached to an aromatic ring is 1. The van der Waals surface area contributed by atoms with Crippen molar-refractivity contribution in [2.24, 2.45) is 11.8 Å². The second kappa shape index (κ2) is 5.09. The van der Waals surface area contributed by atoms with Gasteiger partial charge in [0.15, 0.2) is 5.82 Å². The summed E-state index contributed by atoms with van der Waals surface area (Å²) in [5.41, 5.74) is 2.69. The molecule has 1 heterocycles. The zero-order valence-corrected chi connectivity index (χ0v) is 9.81. The fourth-order valence-electron chi connectivity index (χ4n) is 1.88. The molecule has 2 unspecified atom stereocenters. The monoisotopic (exact) mass is 235 g/mol. The van der Waals surface area contributed by atoms with Gasteiger partial charge < -0.3 is 10.7 Å². The summed E-state index contributed by atoms with van der Waals surface area (Å²) in [4.78, 5) is 19.7. The summed E-state index contributed by atoms with van der Waals surface area (Å²) in [6.07, 6.45) is 6.27. The van der Waals surface area contributed by atoms with E-state index in [4.69, 9.17) is 5.84 Å². The van der Waals surface area contributed by atoms with E-state index in [1.54, 1.807) is 0 Å². The van der Waals surface area contributed by atoms with Gasteiger partial charge in [-0.05, 0) is 18.8 Å². The molecule has 92 valence electrons. The van der Waals surface area contributed by atoms with Crippen molar-refractivity contribution in [2.75, 3.05) is 5.43 Å². The van der Waals surface area contributed by atoms with Gasteiger partial charge in [-0.1, -0.05) is 13.3 Å². The Morgan fingerprint density at radius 1 is 1.53 bits per heavy atom. The lowest BCUT2D eigenvalue weighted by Crippen LogP contribution is -2.27. The van der Waals surface area contributed by atoms with Gasteiger partial charge in [-0.15, -0.1) is 0 Å². The topological polar surface area (TPSA) is 92.9 Å². The standard InChI is InChI=1S/C11H17N5O/c1-2-3-7-4-8(7)15-11(17)9-5-14-10(16-12)6-13-9/h5-8H,2-4,12H2,1H3,(H,14,16)(H,15,17). The van der Waals surface area contributed by atoms with Crippen molar-refractivity contribution in [3.05, 3.63) is 18.1 Å². The smallest absolute Gasteiger partial charge is 0.271 e. The third kappa shape index (κ3) is 2.91. The number of rotatable bonds is 5. The van der Waals surface area contributed by atoms with Crippen LogP contribution in [0.25, 0.3) is 0 Å². The Morgan fingerprint density at radius 3 is 2.94 bits per heavy atom. The quantitative estimate of drug-likeness (QED) is 0.515. The van der Waals surface area contributed by atoms with E-state index in [0.29, 0.717) is 23.5 Å². The van der Waals surface area contributed by atoms with Crippen LogP contribution in [0.3, 0.4) is 0 Å². The van der Waals surface area contributed by atoms with Gasteiger partial charge in [0.1, 0.15) is 5.69 Å². The molecular weight excluding hydrogens is 218 g/mol. The zero-order valence-electron chi connectivity index (χ0n) is 9.81. The van der Waals surface area contributed by atoms with Gasteiger partial charge in [-0.3, -0.25) is 4.79 Å². The summed E-state index contributed by atoms with van der Waals surface area (Å²) in [7, 11) is 0. The van der Waals surface area contributed by atoms with Crippen LogP contribution in [0, 0.1) is 5.92 Å². The molecule has 1 aromatic heterocycles. The van der Waals surface area contributed by atoms with Crippen LogP contribution in [0.1, 0.15) is 36.7 Å². The SMILES string of the molecule is CCCC1CC1NC(=O)c1cnc(NN)cn1. The van der Waals surface area contributed by atoms with Crippen LogP contribution < -0.4 is 16.6 Å². The lowest BCUT2D eigenvalue weighted by molar-refractivity contribution is 0.0943. The maximum Gasteiger partial charge on any atom is 0.271 e. The Balaban J connectivity index is 1.87. The maximum atomic E-state index is 11.8. The van der Waals surface area contributed by atoms with Gasteiger partial charge in [0.2, 0.25) is 0 Å². The average molecular weight is 235 g/mol. The van der Waals surface area contributed by atoms with Crippen molar-refractivity contribution in [3.8, 4) is 0 Å². The van der Waals surface area contributed by atoms with E-state index >= 15 is 0 Å². The van der Waals surface area contributed by atoms with Crippen LogP contribution in [0.2, 0.25) is 0 Å². The summed E-state index contributed by atoms with van der Waals surface area (Å²) in [6.45, 7) is 2.15. The van der Waals surface area contributed by atoms with E-state index < -0.39 is 0 Å². The van der Waals surface area contributed by atoms with Crippen LogP contribution >= 0.6 is 0 Å². The van der Waals surface area contributed by atoms with Gasteiger partial charge in [-0.2, -0.15) is 0 Å². The average Bonchev–Trinajstić information content (AvgIpc) is 3.08. The summed E-state index contributed by atoms with van der Waals surface area (Å²) in [5, 5.41) is 2.95. The van der Waals surface area contributed by atoms with Crippen molar-refractivity contribution in [2.45, 2.75) is 32.2 Å². The minimum absolute atomic E-state index is 0.162. The molecule has 2 atom stereocenters. The number of nitrogens with zero attached hydrogens (tertiary/aromatic N) is 2. The molecule has 1 aliphatic rings. The summed E-state index contributed by atoms with van der Waals surface area (Å²) >= 11 is 0. The van der Waals surface area contributed by atoms with Crippen molar-refractivity contribution in [1.82, 2.24) is 15.3 Å². The fraction of sp³-hybridized carbons (Fsp3) is 0.545. The van der Waals surface area contributed by atoms with E-state index in [1.807, 2.05) is 0 Å². The molecule has 4 N–H and O–H groups in total. The molecule has 0 spiro atoms. The fourth-order valence-corrected chi connectivity index (χ4v) is 1.88. The minimum atomic E-state index is -0.162. The van der Waals surface area contributed by atoms with E-state index in [1.165, 1.54) is 18.8 Å². The van der Waals surface area contributed by atoms with Gasteiger partial charge in [-0.25, -0.2) is 15.8 Å². The highest BCUT2D eigenvalue weighted by atomic mass is 16.2. The number of carbonyl (C=O) groups is 1. The molecule has 0 saturated heterocycles. The highest BCUT2D eigenvalue weighted by Gasteiger charge is 2.37. The summed E-state index contributed by atoms with van der Waals surface area (Å²) in [6, 6.07) is 0.316. The first-order valence-electron chi connectivity index (χ1n) is 5.84. The predicted octanol–water partition coefficient (Wildman–Crippen LogP) is 0.681. The molecular formula is C11H17N5O. The Kier molecular flexibility index (Phi) is 3.53. The molecule has 1 amide bonds. The molecule has 1 fully saturated rings. The number of nitrogens with one attached hydrogen (secondary N) is 2. The Bertz CT molecular complexity index is 391. The number of nitrogens with two attached hydrogens (primary N) is 1. The Labute approximate surface area is 100.0 Å². The number of anilines is 1. The molecule has 17 heavy (non-hydrogen) atoms. The first-order chi connectivity index (χ1) is 8.24. The van der Waals surface area contributed by atoms with Gasteiger partial charge in [0.05, 0.1) is 12.4 Å². The predicted molar refractivity (Wildman–Crippen MR) is 64.1 cm³/mol. The van der Waals surface area contributed by atoms with Gasteiger partial charge >= 0.3 is 0 Å². The molecule has 1 aromatic rings. The van der Waals surface area contributed by atoms with Crippen molar-refractivity contribution < 1.29 is 4.79 Å². The third-order valence-electron chi connectivity index (χ3n) is 2.93. The lowest BCUT2D eigenvalue weighted by Gasteiger charge is -2.04. The van der Waals surface area contributed by atoms with E-state index in [0.717, 1.165) is 12.8 Å². The summed E-state index contributed by atoms with van der Waals surface area (Å²) in [5.74, 6) is 6.09. The second-order valence-electron chi connectivity index (χ2n) is 4.30. The van der Waals surface area contributed by atoms with E-state index in [9.17, 15) is 4.79 Å². The molecule has 1 saturated carbocycles. The second-order valence-corrected chi connectivity index (χ2v) is 4.30. The summed E-state index contributed by atoms with van der Waals surface area (Å²) < 4.78 is 0. The highest BCUT2D eigenvalue weighted by Crippen LogP contribution is 2.34. The lowest BCUT2D eigenvalue weighted by atomic mass is 10.2. The zero-order chi connectivity index (χ0) is 12.3. The molecule has 0 bridgehead atoms. The van der Waals surface area contributed by atoms with Crippen LogP contribution in [-0.2, 0) is 0 Å². The Hall–Kier alpha value is -1.69. The molecule has 0 aromatic carbocycles. The number of hydrogen-bond donors (Lipinski definition) is 3. The Morgan fingerprint density at radius 2 is 2.35 bits per heavy atom. The number of aromatic nitrogens is 2. The largest absolute Gasteiger partial charge is 0.348 e. The van der Waals surface area contributed by atoms with Crippen LogP contribution in [0.4, 0.5) is 5.82 Å². The van der Waals surface area contributed by atoms with Crippen molar-refractivity contribution >= 4 is 11.7 Å². The number of hydrazine groups is 1. The number of carbonyl (C=O) groups excluding carboxylic acids is 1. The van der Waals surface area contributed by atoms with E-state index in [2.05, 4.69) is 27.6 Å². The van der Waals surface area contributed by atoms with Crippen LogP contribution in [-0.4, -0.2) is 21.9 Å². The number of hydrogen-bond acceptors (Lipinski definition) is 5. The molecule has 0 radical (unpaired) electrons. The van der Waals surface area contributed by atoms with Crippen molar-refractivity contribution in [1.29, 1.82) is 0 Å². The minimum Gasteiger partial charge on any atom is -0.348 e. The van der Waals surface area contributed by atoms with Crippen LogP contribution in [0.15, 0.2) is 12.4 Å². The van der Waals surface area contributed by atoms with Crippen LogP contribution in [0.5, 0.6) is 0 Å². The van der Waals surface area contributed by atoms with Crippen molar-refractivity contribution in [3.63, 3.8) is 0 Å². The third-order valence-corrected chi connectivity index (χ3v) is 2.93. The molecule has 6 nitrogen and oxygen atoms in total. The first kappa shape index (κ1) is 11.8. The molecule has 6 heteroatoms. The molecule has 2 rings (SSSR count). The van der Waals surface area contributed by atoms with E-state index in [-0.39, 0.29) is 5.91 Å². The van der Waals surface area contributed by atoms with Gasteiger partial charge in [0.25, 0.3) is 5.91 Å². The molecule has 1 aliphatic carbocycles. The first-order valence-corrected chi connectivity index (χ1v) is 5.84.